The number of anilines is 1. The van der Waals surface area contributed by atoms with Crippen LogP contribution >= 0.6 is 23.2 Å². The van der Waals surface area contributed by atoms with Crippen LogP contribution in [0.4, 0.5) is 5.69 Å². The van der Waals surface area contributed by atoms with E-state index in [1.54, 1.807) is 42.5 Å². The third kappa shape index (κ3) is 4.38. The normalized spacial score (nSPS) is 10.2. The predicted molar refractivity (Wildman–Crippen MR) is 86.6 cm³/mol. The van der Waals surface area contributed by atoms with E-state index in [0.717, 1.165) is 12.2 Å². The third-order valence-electron chi connectivity index (χ3n) is 2.77. The molecule has 1 N–H and O–H groups in total. The van der Waals surface area contributed by atoms with Crippen LogP contribution in [-0.2, 0) is 0 Å². The Morgan fingerprint density at radius 2 is 1.81 bits per heavy atom. The fourth-order valence-electron chi connectivity index (χ4n) is 1.70. The van der Waals surface area contributed by atoms with Crippen LogP contribution in [-0.4, -0.2) is 12.5 Å². The zero-order valence-corrected chi connectivity index (χ0v) is 13.0. The molecule has 0 fully saturated rings. The number of benzene rings is 2. The molecular weight excluding hydrogens is 309 g/mol. The van der Waals surface area contributed by atoms with Crippen LogP contribution in [0.5, 0.6) is 5.75 Å². The van der Waals surface area contributed by atoms with Crippen LogP contribution in [0.3, 0.4) is 0 Å². The number of halogens is 2. The SMILES string of the molecule is CCCOc1ccc(C(=O)Nc2ccc(Cl)c(Cl)c2)cc1. The minimum Gasteiger partial charge on any atom is -0.494 e. The molecule has 21 heavy (non-hydrogen) atoms. The van der Waals surface area contributed by atoms with Crippen molar-refractivity contribution in [2.24, 2.45) is 0 Å². The van der Waals surface area contributed by atoms with E-state index in [-0.39, 0.29) is 5.91 Å². The lowest BCUT2D eigenvalue weighted by Gasteiger charge is -2.08. The van der Waals surface area contributed by atoms with Crippen LogP contribution < -0.4 is 10.1 Å². The van der Waals surface area contributed by atoms with Crippen molar-refractivity contribution in [2.45, 2.75) is 13.3 Å². The average molecular weight is 324 g/mol. The summed E-state index contributed by atoms with van der Waals surface area (Å²) in [5.41, 5.74) is 1.14. The van der Waals surface area contributed by atoms with Crippen LogP contribution in [0.15, 0.2) is 42.5 Å². The number of nitrogens with one attached hydrogen (secondary N) is 1. The molecule has 5 heteroatoms. The topological polar surface area (TPSA) is 38.3 Å². The molecule has 0 saturated carbocycles. The Labute approximate surface area is 133 Å². The van der Waals surface area contributed by atoms with Crippen LogP contribution in [0.25, 0.3) is 0 Å². The molecule has 2 aromatic rings. The molecule has 2 rings (SSSR count). The first-order valence-corrected chi connectivity index (χ1v) is 7.35. The van der Waals surface area contributed by atoms with Gasteiger partial charge in [-0.2, -0.15) is 0 Å². The molecule has 0 spiro atoms. The van der Waals surface area contributed by atoms with Gasteiger partial charge in [-0.25, -0.2) is 0 Å². The second kappa shape index (κ2) is 7.34. The quantitative estimate of drug-likeness (QED) is 0.837. The second-order valence-electron chi connectivity index (χ2n) is 4.46. The summed E-state index contributed by atoms with van der Waals surface area (Å²) in [6.07, 6.45) is 0.944. The molecule has 0 radical (unpaired) electrons. The molecule has 0 aliphatic carbocycles. The third-order valence-corrected chi connectivity index (χ3v) is 3.51. The lowest BCUT2D eigenvalue weighted by molar-refractivity contribution is 0.102. The maximum atomic E-state index is 12.1. The van der Waals surface area contributed by atoms with Gasteiger partial charge in [0.25, 0.3) is 5.91 Å². The van der Waals surface area contributed by atoms with Crippen molar-refractivity contribution in [3.8, 4) is 5.75 Å². The molecule has 110 valence electrons. The van der Waals surface area contributed by atoms with Crippen molar-refractivity contribution in [1.29, 1.82) is 0 Å². The Kier molecular flexibility index (Phi) is 5.48. The fourth-order valence-corrected chi connectivity index (χ4v) is 2.00. The number of amides is 1. The minimum absolute atomic E-state index is 0.213. The Hall–Kier alpha value is -1.71. The van der Waals surface area contributed by atoms with Crippen molar-refractivity contribution in [3.63, 3.8) is 0 Å². The first kappa shape index (κ1) is 15.7. The molecule has 0 atom stereocenters. The number of hydrogen-bond acceptors (Lipinski definition) is 2. The Morgan fingerprint density at radius 3 is 2.43 bits per heavy atom. The summed E-state index contributed by atoms with van der Waals surface area (Å²) in [6, 6.07) is 11.9. The zero-order chi connectivity index (χ0) is 15.2. The Bertz CT molecular complexity index is 627. The standard InChI is InChI=1S/C16H15Cl2NO2/c1-2-9-21-13-6-3-11(4-7-13)16(20)19-12-5-8-14(17)15(18)10-12/h3-8,10H,2,9H2,1H3,(H,19,20). The first-order valence-electron chi connectivity index (χ1n) is 6.59. The van der Waals surface area contributed by atoms with Crippen LogP contribution in [0, 0.1) is 0 Å². The van der Waals surface area contributed by atoms with Gasteiger partial charge in [0.15, 0.2) is 0 Å². The maximum Gasteiger partial charge on any atom is 0.255 e. The highest BCUT2D eigenvalue weighted by atomic mass is 35.5. The van der Waals surface area contributed by atoms with E-state index in [2.05, 4.69) is 5.32 Å². The van der Waals surface area contributed by atoms with E-state index in [4.69, 9.17) is 27.9 Å². The smallest absolute Gasteiger partial charge is 0.255 e. The van der Waals surface area contributed by atoms with E-state index in [1.165, 1.54) is 0 Å². The number of carbonyl (C=O) groups is 1. The maximum absolute atomic E-state index is 12.1. The number of hydrogen-bond donors (Lipinski definition) is 1. The largest absolute Gasteiger partial charge is 0.494 e. The van der Waals surface area contributed by atoms with Gasteiger partial charge in [-0.1, -0.05) is 30.1 Å². The summed E-state index contributed by atoms with van der Waals surface area (Å²) in [5.74, 6) is 0.540. The van der Waals surface area contributed by atoms with Gasteiger partial charge in [0.05, 0.1) is 16.7 Å². The van der Waals surface area contributed by atoms with Gasteiger partial charge in [-0.3, -0.25) is 4.79 Å². The number of rotatable bonds is 5. The minimum atomic E-state index is -0.213. The lowest BCUT2D eigenvalue weighted by atomic mass is 10.2. The highest BCUT2D eigenvalue weighted by Gasteiger charge is 2.07. The summed E-state index contributed by atoms with van der Waals surface area (Å²) in [6.45, 7) is 2.70. The van der Waals surface area contributed by atoms with Crippen molar-refractivity contribution < 1.29 is 9.53 Å². The summed E-state index contributed by atoms with van der Waals surface area (Å²) in [7, 11) is 0. The summed E-state index contributed by atoms with van der Waals surface area (Å²) in [5, 5.41) is 3.62. The van der Waals surface area contributed by atoms with Crippen molar-refractivity contribution in [3.05, 3.63) is 58.1 Å². The molecule has 0 bridgehead atoms. The number of carbonyl (C=O) groups excluding carboxylic acids is 1. The molecule has 2 aromatic carbocycles. The van der Waals surface area contributed by atoms with Crippen molar-refractivity contribution >= 4 is 34.8 Å². The highest BCUT2D eigenvalue weighted by molar-refractivity contribution is 6.42. The zero-order valence-electron chi connectivity index (χ0n) is 11.5. The Balaban J connectivity index is 2.04. The van der Waals surface area contributed by atoms with Gasteiger partial charge in [0.1, 0.15) is 5.75 Å². The van der Waals surface area contributed by atoms with Gasteiger partial charge < -0.3 is 10.1 Å². The fraction of sp³-hybridized carbons (Fsp3) is 0.188. The summed E-state index contributed by atoms with van der Waals surface area (Å²) >= 11 is 11.7. The molecule has 0 aliphatic heterocycles. The van der Waals surface area contributed by atoms with E-state index in [0.29, 0.717) is 27.9 Å². The van der Waals surface area contributed by atoms with Gasteiger partial charge in [-0.15, -0.1) is 0 Å². The molecule has 1 amide bonds. The molecule has 0 aromatic heterocycles. The molecule has 0 aliphatic rings. The summed E-state index contributed by atoms with van der Waals surface area (Å²) in [4.78, 5) is 12.1. The number of ether oxygens (including phenoxy) is 1. The molecular formula is C16H15Cl2NO2. The monoisotopic (exact) mass is 323 g/mol. The van der Waals surface area contributed by atoms with E-state index in [1.807, 2.05) is 6.92 Å². The van der Waals surface area contributed by atoms with Crippen LogP contribution in [0.2, 0.25) is 10.0 Å². The average Bonchev–Trinajstić information content (AvgIpc) is 2.49. The van der Waals surface area contributed by atoms with E-state index < -0.39 is 0 Å². The van der Waals surface area contributed by atoms with Crippen molar-refractivity contribution in [1.82, 2.24) is 0 Å². The highest BCUT2D eigenvalue weighted by Crippen LogP contribution is 2.25. The van der Waals surface area contributed by atoms with Crippen LogP contribution in [0.1, 0.15) is 23.7 Å². The van der Waals surface area contributed by atoms with E-state index in [9.17, 15) is 4.79 Å². The lowest BCUT2D eigenvalue weighted by Crippen LogP contribution is -2.11. The van der Waals surface area contributed by atoms with Gasteiger partial charge in [0.2, 0.25) is 0 Å². The predicted octanol–water partition coefficient (Wildman–Crippen LogP) is 5.03. The van der Waals surface area contributed by atoms with Crippen molar-refractivity contribution in [2.75, 3.05) is 11.9 Å². The van der Waals surface area contributed by atoms with Gasteiger partial charge in [-0.05, 0) is 48.9 Å². The molecule has 0 unspecified atom stereocenters. The van der Waals surface area contributed by atoms with Gasteiger partial charge >= 0.3 is 0 Å². The second-order valence-corrected chi connectivity index (χ2v) is 5.27. The summed E-state index contributed by atoms with van der Waals surface area (Å²) < 4.78 is 5.47. The molecule has 0 saturated heterocycles. The van der Waals surface area contributed by atoms with E-state index >= 15 is 0 Å². The first-order chi connectivity index (χ1) is 10.1. The molecule has 0 heterocycles. The Morgan fingerprint density at radius 1 is 1.10 bits per heavy atom. The molecule has 3 nitrogen and oxygen atoms in total. The van der Waals surface area contributed by atoms with Gasteiger partial charge in [0, 0.05) is 11.3 Å².